The fraction of sp³-hybridized carbons (Fsp3) is 1.00. The van der Waals surface area contributed by atoms with Gasteiger partial charge < -0.3 is 4.74 Å². The van der Waals surface area contributed by atoms with Gasteiger partial charge in [-0.2, -0.15) is 0 Å². The molecule has 0 aliphatic heterocycles. The standard InChI is InChI=1S/C12H22O/c1-4-9-8-6-11(10(9)5-2)12(7-8)13-3/h8-12H,4-7H2,1-3H3. The van der Waals surface area contributed by atoms with Crippen LogP contribution in [0.15, 0.2) is 0 Å². The first-order chi connectivity index (χ1) is 6.31. The van der Waals surface area contributed by atoms with Crippen molar-refractivity contribution in [1.82, 2.24) is 0 Å². The molecule has 0 saturated heterocycles. The normalized spacial score (nSPS) is 48.7. The molecule has 0 aromatic rings. The van der Waals surface area contributed by atoms with Gasteiger partial charge in [-0.05, 0) is 36.5 Å². The van der Waals surface area contributed by atoms with Gasteiger partial charge in [-0.25, -0.2) is 0 Å². The molecule has 0 N–H and O–H groups in total. The highest BCUT2D eigenvalue weighted by molar-refractivity contribution is 5.00. The van der Waals surface area contributed by atoms with Crippen molar-refractivity contribution in [1.29, 1.82) is 0 Å². The summed E-state index contributed by atoms with van der Waals surface area (Å²) in [6, 6.07) is 0. The van der Waals surface area contributed by atoms with Gasteiger partial charge in [0.25, 0.3) is 0 Å². The third kappa shape index (κ3) is 1.32. The summed E-state index contributed by atoms with van der Waals surface area (Å²) in [6.07, 6.45) is 6.14. The van der Waals surface area contributed by atoms with E-state index < -0.39 is 0 Å². The van der Waals surface area contributed by atoms with Crippen LogP contribution >= 0.6 is 0 Å². The molecule has 0 heterocycles. The van der Waals surface area contributed by atoms with Crippen LogP contribution in [-0.4, -0.2) is 13.2 Å². The molecule has 13 heavy (non-hydrogen) atoms. The molecule has 2 rings (SSSR count). The van der Waals surface area contributed by atoms with Gasteiger partial charge in [0.2, 0.25) is 0 Å². The van der Waals surface area contributed by atoms with Crippen LogP contribution in [0.4, 0.5) is 0 Å². The van der Waals surface area contributed by atoms with Crippen molar-refractivity contribution in [2.24, 2.45) is 23.7 Å². The minimum Gasteiger partial charge on any atom is -0.381 e. The summed E-state index contributed by atoms with van der Waals surface area (Å²) in [5.74, 6) is 3.87. The predicted molar refractivity (Wildman–Crippen MR) is 54.6 cm³/mol. The van der Waals surface area contributed by atoms with Crippen molar-refractivity contribution in [2.75, 3.05) is 7.11 Å². The Morgan fingerprint density at radius 1 is 1.08 bits per heavy atom. The fourth-order valence-corrected chi connectivity index (χ4v) is 4.05. The van der Waals surface area contributed by atoms with Gasteiger partial charge in [0.15, 0.2) is 0 Å². The van der Waals surface area contributed by atoms with Crippen molar-refractivity contribution < 1.29 is 4.74 Å². The Bertz CT molecular complexity index is 178. The van der Waals surface area contributed by atoms with Crippen LogP contribution in [0.2, 0.25) is 0 Å². The van der Waals surface area contributed by atoms with Gasteiger partial charge in [0, 0.05) is 7.11 Å². The number of methoxy groups -OCH3 is 1. The van der Waals surface area contributed by atoms with Gasteiger partial charge in [-0.1, -0.05) is 26.7 Å². The lowest BCUT2D eigenvalue weighted by Gasteiger charge is -2.34. The number of fused-ring (bicyclic) bond motifs is 2. The average Bonchev–Trinajstić information content (AvgIpc) is 2.72. The Labute approximate surface area is 81.9 Å². The molecule has 2 saturated carbocycles. The van der Waals surface area contributed by atoms with Crippen molar-refractivity contribution in [3.63, 3.8) is 0 Å². The van der Waals surface area contributed by atoms with E-state index >= 15 is 0 Å². The van der Waals surface area contributed by atoms with Gasteiger partial charge in [0.05, 0.1) is 6.10 Å². The van der Waals surface area contributed by atoms with Crippen molar-refractivity contribution >= 4 is 0 Å². The van der Waals surface area contributed by atoms with Gasteiger partial charge in [-0.15, -0.1) is 0 Å². The molecule has 0 aromatic heterocycles. The third-order valence-electron chi connectivity index (χ3n) is 4.54. The third-order valence-corrected chi connectivity index (χ3v) is 4.54. The van der Waals surface area contributed by atoms with Crippen LogP contribution in [0.5, 0.6) is 0 Å². The van der Waals surface area contributed by atoms with E-state index in [-0.39, 0.29) is 0 Å². The lowest BCUT2D eigenvalue weighted by atomic mass is 9.75. The van der Waals surface area contributed by atoms with Crippen molar-refractivity contribution in [3.05, 3.63) is 0 Å². The van der Waals surface area contributed by atoms with Gasteiger partial charge in [-0.3, -0.25) is 0 Å². The van der Waals surface area contributed by atoms with Crippen LogP contribution in [0.25, 0.3) is 0 Å². The van der Waals surface area contributed by atoms with Gasteiger partial charge in [0.1, 0.15) is 0 Å². The molecular formula is C12H22O. The van der Waals surface area contributed by atoms with Crippen LogP contribution in [0.3, 0.4) is 0 Å². The lowest BCUT2D eigenvalue weighted by Crippen LogP contribution is -2.31. The second kappa shape index (κ2) is 3.61. The second-order valence-electron chi connectivity index (χ2n) is 4.81. The summed E-state index contributed by atoms with van der Waals surface area (Å²) in [7, 11) is 1.89. The molecule has 5 atom stereocenters. The minimum atomic E-state index is 0.595. The summed E-state index contributed by atoms with van der Waals surface area (Å²) in [6.45, 7) is 4.70. The summed E-state index contributed by atoms with van der Waals surface area (Å²) >= 11 is 0. The molecule has 1 nitrogen and oxygen atoms in total. The Kier molecular flexibility index (Phi) is 2.64. The largest absolute Gasteiger partial charge is 0.381 e. The molecule has 2 bridgehead atoms. The first-order valence-electron chi connectivity index (χ1n) is 5.84. The first kappa shape index (κ1) is 9.51. The number of hydrogen-bond acceptors (Lipinski definition) is 1. The zero-order valence-electron chi connectivity index (χ0n) is 9.12. The molecule has 0 amide bonds. The molecule has 76 valence electrons. The van der Waals surface area contributed by atoms with E-state index in [9.17, 15) is 0 Å². The van der Waals surface area contributed by atoms with E-state index in [0.29, 0.717) is 6.10 Å². The number of hydrogen-bond donors (Lipinski definition) is 0. The Hall–Kier alpha value is -0.0400. The Balaban J connectivity index is 2.08. The maximum absolute atomic E-state index is 5.57. The number of ether oxygens (including phenoxy) is 1. The summed E-state index contributed by atoms with van der Waals surface area (Å²) in [5, 5.41) is 0. The number of rotatable bonds is 3. The van der Waals surface area contributed by atoms with Crippen LogP contribution in [0, 0.1) is 23.7 Å². The van der Waals surface area contributed by atoms with Crippen molar-refractivity contribution in [2.45, 2.75) is 45.6 Å². The molecule has 2 fully saturated rings. The van der Waals surface area contributed by atoms with Crippen LogP contribution in [0.1, 0.15) is 39.5 Å². The molecule has 2 aliphatic carbocycles. The summed E-state index contributed by atoms with van der Waals surface area (Å²) in [5.41, 5.74) is 0. The molecule has 1 heteroatoms. The average molecular weight is 182 g/mol. The van der Waals surface area contributed by atoms with Crippen LogP contribution in [-0.2, 0) is 4.74 Å². The maximum atomic E-state index is 5.57. The zero-order valence-corrected chi connectivity index (χ0v) is 9.12. The monoisotopic (exact) mass is 182 g/mol. The highest BCUT2D eigenvalue weighted by Crippen LogP contribution is 2.55. The molecule has 2 aliphatic rings. The van der Waals surface area contributed by atoms with Crippen molar-refractivity contribution in [3.8, 4) is 0 Å². The zero-order chi connectivity index (χ0) is 9.42. The maximum Gasteiger partial charge on any atom is 0.0605 e. The molecule has 0 radical (unpaired) electrons. The van der Waals surface area contributed by atoms with E-state index in [4.69, 9.17) is 4.74 Å². The first-order valence-corrected chi connectivity index (χ1v) is 5.84. The van der Waals surface area contributed by atoms with Crippen LogP contribution < -0.4 is 0 Å². The van der Waals surface area contributed by atoms with Gasteiger partial charge >= 0.3 is 0 Å². The SMILES string of the molecule is CCC1C2CC(OC)C(C2)C1CC. The molecule has 5 unspecified atom stereocenters. The highest BCUT2D eigenvalue weighted by atomic mass is 16.5. The second-order valence-corrected chi connectivity index (χ2v) is 4.81. The van der Waals surface area contributed by atoms with E-state index in [1.807, 2.05) is 7.11 Å². The summed E-state index contributed by atoms with van der Waals surface area (Å²) < 4.78 is 5.57. The fourth-order valence-electron chi connectivity index (χ4n) is 4.05. The smallest absolute Gasteiger partial charge is 0.0605 e. The predicted octanol–water partition coefficient (Wildman–Crippen LogP) is 3.09. The lowest BCUT2D eigenvalue weighted by molar-refractivity contribution is 0.0126. The molecule has 0 aromatic carbocycles. The molecule has 0 spiro atoms. The van der Waals surface area contributed by atoms with E-state index in [1.54, 1.807) is 0 Å². The highest BCUT2D eigenvalue weighted by Gasteiger charge is 2.50. The quantitative estimate of drug-likeness (QED) is 0.651. The Morgan fingerprint density at radius 2 is 1.77 bits per heavy atom. The Morgan fingerprint density at radius 3 is 2.31 bits per heavy atom. The summed E-state index contributed by atoms with van der Waals surface area (Å²) in [4.78, 5) is 0. The van der Waals surface area contributed by atoms with E-state index in [1.165, 1.54) is 25.7 Å². The minimum absolute atomic E-state index is 0.595. The topological polar surface area (TPSA) is 9.23 Å². The van der Waals surface area contributed by atoms with E-state index in [2.05, 4.69) is 13.8 Å². The van der Waals surface area contributed by atoms with E-state index in [0.717, 1.165) is 23.7 Å². The molecular weight excluding hydrogens is 160 g/mol.